The Hall–Kier alpha value is -2.99. The number of rotatable bonds is 5. The van der Waals surface area contributed by atoms with Crippen molar-refractivity contribution in [3.05, 3.63) is 76.1 Å². The number of aryl methyl sites for hydroxylation is 2. The van der Waals surface area contributed by atoms with Crippen LogP contribution < -0.4 is 0 Å². The summed E-state index contributed by atoms with van der Waals surface area (Å²) in [7, 11) is 3.70. The molecule has 1 atom stereocenters. The average Bonchev–Trinajstić information content (AvgIpc) is 2.92. The third-order valence-electron chi connectivity index (χ3n) is 5.18. The Bertz CT molecular complexity index is 997. The Morgan fingerprint density at radius 1 is 1.14 bits per heavy atom. The molecule has 0 radical (unpaired) electrons. The number of halogens is 1. The van der Waals surface area contributed by atoms with Crippen molar-refractivity contribution in [2.45, 2.75) is 19.9 Å². The van der Waals surface area contributed by atoms with E-state index in [0.29, 0.717) is 12.1 Å². The van der Waals surface area contributed by atoms with Crippen LogP contribution in [-0.4, -0.2) is 53.8 Å². The van der Waals surface area contributed by atoms with Crippen LogP contribution in [-0.2, 0) is 9.59 Å². The third kappa shape index (κ3) is 3.93. The molecule has 1 amide bonds. The molecule has 1 fully saturated rings. The van der Waals surface area contributed by atoms with Gasteiger partial charge in [-0.3, -0.25) is 9.59 Å². The van der Waals surface area contributed by atoms with E-state index in [1.54, 1.807) is 24.3 Å². The predicted octanol–water partition coefficient (Wildman–Crippen LogP) is 3.43. The maximum atomic E-state index is 14.7. The topological polar surface area (TPSA) is 60.9 Å². The van der Waals surface area contributed by atoms with Gasteiger partial charge in [0.25, 0.3) is 11.7 Å². The first-order valence-electron chi connectivity index (χ1n) is 9.47. The van der Waals surface area contributed by atoms with Crippen LogP contribution in [0.5, 0.6) is 0 Å². The van der Waals surface area contributed by atoms with Crippen molar-refractivity contribution in [2.75, 3.05) is 27.2 Å². The maximum absolute atomic E-state index is 14.7. The van der Waals surface area contributed by atoms with Crippen LogP contribution in [0, 0.1) is 19.7 Å². The van der Waals surface area contributed by atoms with Gasteiger partial charge >= 0.3 is 0 Å². The fraction of sp³-hybridized carbons (Fsp3) is 0.304. The molecule has 1 aliphatic rings. The van der Waals surface area contributed by atoms with Gasteiger partial charge < -0.3 is 14.9 Å². The molecule has 6 heteroatoms. The van der Waals surface area contributed by atoms with Gasteiger partial charge in [0, 0.05) is 24.2 Å². The minimum atomic E-state index is -0.976. The third-order valence-corrected chi connectivity index (χ3v) is 5.18. The Morgan fingerprint density at radius 3 is 2.48 bits per heavy atom. The molecule has 0 unspecified atom stereocenters. The minimum Gasteiger partial charge on any atom is -0.507 e. The van der Waals surface area contributed by atoms with E-state index < -0.39 is 23.5 Å². The Labute approximate surface area is 170 Å². The second-order valence-electron chi connectivity index (χ2n) is 7.64. The summed E-state index contributed by atoms with van der Waals surface area (Å²) in [5.74, 6) is -2.33. The zero-order valence-electron chi connectivity index (χ0n) is 17.1. The number of carbonyl (C=O) groups excluding carboxylic acids is 2. The van der Waals surface area contributed by atoms with Crippen LogP contribution in [0.25, 0.3) is 5.76 Å². The van der Waals surface area contributed by atoms with E-state index in [1.165, 1.54) is 11.0 Å². The van der Waals surface area contributed by atoms with Gasteiger partial charge in [-0.1, -0.05) is 35.9 Å². The summed E-state index contributed by atoms with van der Waals surface area (Å²) in [5.41, 5.74) is 2.25. The molecule has 152 valence electrons. The average molecular weight is 396 g/mol. The van der Waals surface area contributed by atoms with E-state index >= 15 is 0 Å². The van der Waals surface area contributed by atoms with Gasteiger partial charge in [-0.25, -0.2) is 4.39 Å². The summed E-state index contributed by atoms with van der Waals surface area (Å²) < 4.78 is 14.7. The van der Waals surface area contributed by atoms with E-state index in [2.05, 4.69) is 0 Å². The second-order valence-corrected chi connectivity index (χ2v) is 7.64. The van der Waals surface area contributed by atoms with Crippen LogP contribution in [0.4, 0.5) is 4.39 Å². The summed E-state index contributed by atoms with van der Waals surface area (Å²) >= 11 is 0. The van der Waals surface area contributed by atoms with Gasteiger partial charge in [0.05, 0.1) is 11.6 Å². The standard InChI is InChI=1S/C23H25FN2O3/c1-14-9-10-15(2)17(13-14)21(27)19-20(16-7-5-6-8-18(16)24)26(12-11-25(3)4)23(29)22(19)28/h5-10,13,20,27H,11-12H2,1-4H3/t20-/m1/s1. The summed E-state index contributed by atoms with van der Waals surface area (Å²) in [4.78, 5) is 28.9. The molecule has 0 saturated carbocycles. The smallest absolute Gasteiger partial charge is 0.295 e. The monoisotopic (exact) mass is 396 g/mol. The number of benzene rings is 2. The van der Waals surface area contributed by atoms with E-state index in [9.17, 15) is 19.1 Å². The van der Waals surface area contributed by atoms with E-state index in [1.807, 2.05) is 45.0 Å². The van der Waals surface area contributed by atoms with Gasteiger partial charge in [0.15, 0.2) is 0 Å². The highest BCUT2D eigenvalue weighted by molar-refractivity contribution is 6.46. The van der Waals surface area contributed by atoms with Gasteiger partial charge in [0.1, 0.15) is 11.6 Å². The molecule has 1 saturated heterocycles. The molecule has 2 aromatic carbocycles. The number of carbonyl (C=O) groups is 2. The molecular formula is C23H25FN2O3. The SMILES string of the molecule is Cc1ccc(C)c(C(O)=C2C(=O)C(=O)N(CCN(C)C)[C@@H]2c2ccccc2F)c1. The van der Waals surface area contributed by atoms with Crippen molar-refractivity contribution in [2.24, 2.45) is 0 Å². The zero-order valence-corrected chi connectivity index (χ0v) is 17.1. The lowest BCUT2D eigenvalue weighted by Gasteiger charge is -2.27. The van der Waals surface area contributed by atoms with Crippen LogP contribution in [0.2, 0.25) is 0 Å². The molecule has 0 spiro atoms. The molecule has 29 heavy (non-hydrogen) atoms. The Kier molecular flexibility index (Phi) is 5.84. The molecule has 2 aromatic rings. The minimum absolute atomic E-state index is 0.0763. The van der Waals surface area contributed by atoms with Crippen LogP contribution in [0.3, 0.4) is 0 Å². The van der Waals surface area contributed by atoms with Crippen molar-refractivity contribution in [3.63, 3.8) is 0 Å². The van der Waals surface area contributed by atoms with Crippen LogP contribution in [0.15, 0.2) is 48.0 Å². The number of aliphatic hydroxyl groups is 1. The number of hydrogen-bond acceptors (Lipinski definition) is 4. The molecule has 5 nitrogen and oxygen atoms in total. The number of likely N-dealkylation sites (N-methyl/N-ethyl adjacent to an activating group) is 1. The molecular weight excluding hydrogens is 371 g/mol. The summed E-state index contributed by atoms with van der Waals surface area (Å²) in [6.45, 7) is 4.43. The summed E-state index contributed by atoms with van der Waals surface area (Å²) in [5, 5.41) is 11.1. The van der Waals surface area contributed by atoms with Gasteiger partial charge in [-0.2, -0.15) is 0 Å². The first-order valence-corrected chi connectivity index (χ1v) is 9.47. The molecule has 0 aliphatic carbocycles. The first-order chi connectivity index (χ1) is 13.7. The number of hydrogen-bond donors (Lipinski definition) is 1. The lowest BCUT2D eigenvalue weighted by molar-refractivity contribution is -0.140. The first kappa shape index (κ1) is 20.7. The highest BCUT2D eigenvalue weighted by atomic mass is 19.1. The Morgan fingerprint density at radius 2 is 1.83 bits per heavy atom. The van der Waals surface area contributed by atoms with Crippen molar-refractivity contribution in [1.82, 2.24) is 9.80 Å². The van der Waals surface area contributed by atoms with E-state index in [-0.39, 0.29) is 23.4 Å². The number of likely N-dealkylation sites (tertiary alicyclic amines) is 1. The van der Waals surface area contributed by atoms with Gasteiger partial charge in [-0.05, 0) is 45.6 Å². The highest BCUT2D eigenvalue weighted by Gasteiger charge is 2.46. The zero-order chi connectivity index (χ0) is 21.3. The lowest BCUT2D eigenvalue weighted by Crippen LogP contribution is -2.35. The number of aliphatic hydroxyl groups excluding tert-OH is 1. The van der Waals surface area contributed by atoms with Gasteiger partial charge in [-0.15, -0.1) is 0 Å². The number of nitrogens with zero attached hydrogens (tertiary/aromatic N) is 2. The normalized spacial score (nSPS) is 18.7. The van der Waals surface area contributed by atoms with Crippen molar-refractivity contribution >= 4 is 17.4 Å². The highest BCUT2D eigenvalue weighted by Crippen LogP contribution is 2.40. The number of ketones is 1. The van der Waals surface area contributed by atoms with Crippen LogP contribution >= 0.6 is 0 Å². The summed E-state index contributed by atoms with van der Waals surface area (Å²) in [6, 6.07) is 10.6. The molecule has 0 aromatic heterocycles. The predicted molar refractivity (Wildman–Crippen MR) is 110 cm³/mol. The largest absolute Gasteiger partial charge is 0.507 e. The van der Waals surface area contributed by atoms with Crippen molar-refractivity contribution in [1.29, 1.82) is 0 Å². The van der Waals surface area contributed by atoms with Crippen molar-refractivity contribution in [3.8, 4) is 0 Å². The van der Waals surface area contributed by atoms with Gasteiger partial charge in [0.2, 0.25) is 0 Å². The van der Waals surface area contributed by atoms with Crippen LogP contribution in [0.1, 0.15) is 28.3 Å². The van der Waals surface area contributed by atoms with E-state index in [4.69, 9.17) is 0 Å². The quantitative estimate of drug-likeness (QED) is 0.478. The number of amides is 1. The van der Waals surface area contributed by atoms with E-state index in [0.717, 1.165) is 11.1 Å². The van der Waals surface area contributed by atoms with Crippen molar-refractivity contribution < 1.29 is 19.1 Å². The summed E-state index contributed by atoms with van der Waals surface area (Å²) in [6.07, 6.45) is 0. The molecule has 0 bridgehead atoms. The second kappa shape index (κ2) is 8.17. The molecule has 3 rings (SSSR count). The number of Topliss-reactive ketones (excluding diaryl/α,β-unsaturated/α-hetero) is 1. The molecule has 1 heterocycles. The fourth-order valence-corrected chi connectivity index (χ4v) is 3.57. The fourth-order valence-electron chi connectivity index (χ4n) is 3.57. The molecule has 1 aliphatic heterocycles. The molecule has 1 N–H and O–H groups in total. The lowest BCUT2D eigenvalue weighted by atomic mass is 9.93. The Balaban J connectivity index is 2.22. The maximum Gasteiger partial charge on any atom is 0.295 e.